The number of para-hydroxylation sites is 2. The summed E-state index contributed by atoms with van der Waals surface area (Å²) in [6.07, 6.45) is 0.801. The molecule has 1 fully saturated rings. The van der Waals surface area contributed by atoms with Crippen molar-refractivity contribution in [3.05, 3.63) is 24.3 Å². The third-order valence-electron chi connectivity index (χ3n) is 5.66. The van der Waals surface area contributed by atoms with E-state index in [2.05, 4.69) is 43.2 Å². The predicted molar refractivity (Wildman–Crippen MR) is 133 cm³/mol. The molecule has 2 N–H and O–H groups in total. The molecule has 7 nitrogen and oxygen atoms in total. The Hall–Kier alpha value is -1.55. The van der Waals surface area contributed by atoms with E-state index in [1.54, 1.807) is 0 Å². The molecule has 3 rings (SSSR count). The largest absolute Gasteiger partial charge is 0.482 e. The van der Waals surface area contributed by atoms with Gasteiger partial charge in [0.2, 0.25) is 0 Å². The molecule has 1 aromatic carbocycles. The second kappa shape index (κ2) is 11.7. The predicted octanol–water partition coefficient (Wildman–Crippen LogP) is 2.70. The molecule has 2 atom stereocenters. The van der Waals surface area contributed by atoms with Crippen molar-refractivity contribution in [1.82, 2.24) is 15.5 Å². The Bertz CT molecular complexity index is 727. The highest BCUT2D eigenvalue weighted by atomic mass is 127. The van der Waals surface area contributed by atoms with Crippen molar-refractivity contribution >= 4 is 41.5 Å². The minimum Gasteiger partial charge on any atom is -0.482 e. The topological polar surface area (TPSA) is 69.2 Å². The van der Waals surface area contributed by atoms with Crippen LogP contribution in [0.1, 0.15) is 34.1 Å². The number of amides is 1. The first-order valence-electron chi connectivity index (χ1n) is 10.8. The third-order valence-corrected chi connectivity index (χ3v) is 5.66. The Kier molecular flexibility index (Phi) is 9.67. The second-order valence-electron chi connectivity index (χ2n) is 8.19. The number of aliphatic imine (C=N–C) groups is 1. The summed E-state index contributed by atoms with van der Waals surface area (Å²) in [4.78, 5) is 21.3. The molecule has 8 heteroatoms. The quantitative estimate of drug-likeness (QED) is 0.246. The molecule has 2 aliphatic rings. The van der Waals surface area contributed by atoms with Gasteiger partial charge >= 0.3 is 0 Å². The molecule has 0 bridgehead atoms. The Morgan fingerprint density at radius 2 is 2.07 bits per heavy atom. The van der Waals surface area contributed by atoms with Gasteiger partial charge in [-0.15, -0.1) is 24.0 Å². The molecule has 1 amide bonds. The summed E-state index contributed by atoms with van der Waals surface area (Å²) in [5.41, 5.74) is 0.853. The van der Waals surface area contributed by atoms with Gasteiger partial charge in [-0.05, 0) is 45.2 Å². The molecule has 1 saturated heterocycles. The normalized spacial score (nSPS) is 21.8. The maximum atomic E-state index is 12.3. The van der Waals surface area contributed by atoms with Crippen LogP contribution in [0.4, 0.5) is 5.69 Å². The molecular formula is C22H36IN5O2. The van der Waals surface area contributed by atoms with Crippen LogP contribution in [0, 0.1) is 5.92 Å². The standard InChI is InChI=1S/C22H35N5O2.HI/c1-5-23-22(25-18-14-26(16(2)3)13-17(18)4)24-11-8-12-27-19-9-6-7-10-20(19)29-15-21(27)28;/h6-7,9-10,16-18H,5,8,11-15H2,1-4H3,(H2,23,24,25);1H. The van der Waals surface area contributed by atoms with E-state index in [4.69, 9.17) is 9.73 Å². The highest BCUT2D eigenvalue weighted by Gasteiger charge is 2.31. The number of fused-ring (bicyclic) bond motifs is 1. The van der Waals surface area contributed by atoms with Crippen LogP contribution in [0.5, 0.6) is 5.75 Å². The minimum atomic E-state index is 0. The van der Waals surface area contributed by atoms with Gasteiger partial charge in [0.25, 0.3) is 5.91 Å². The molecule has 168 valence electrons. The number of carbonyl (C=O) groups excluding carboxylic acids is 1. The van der Waals surface area contributed by atoms with E-state index < -0.39 is 0 Å². The Balaban J connectivity index is 0.00000320. The molecule has 30 heavy (non-hydrogen) atoms. The number of benzene rings is 1. The van der Waals surface area contributed by atoms with Crippen LogP contribution in [-0.2, 0) is 4.79 Å². The van der Waals surface area contributed by atoms with Crippen LogP contribution in [0.25, 0.3) is 0 Å². The average Bonchev–Trinajstić information content (AvgIpc) is 3.07. The van der Waals surface area contributed by atoms with Crippen LogP contribution >= 0.6 is 24.0 Å². The SMILES string of the molecule is CCNC(=NCCCN1C(=O)COc2ccccc21)NC1CN(C(C)C)CC1C.I. The summed E-state index contributed by atoms with van der Waals surface area (Å²) in [7, 11) is 0. The van der Waals surface area contributed by atoms with Crippen molar-refractivity contribution in [3.8, 4) is 5.75 Å². The van der Waals surface area contributed by atoms with Gasteiger partial charge in [0.05, 0.1) is 5.69 Å². The number of halogens is 1. The molecule has 2 unspecified atom stereocenters. The van der Waals surface area contributed by atoms with E-state index in [9.17, 15) is 4.79 Å². The number of nitrogens with zero attached hydrogens (tertiary/aromatic N) is 3. The van der Waals surface area contributed by atoms with Gasteiger partial charge in [-0.25, -0.2) is 0 Å². The zero-order valence-electron chi connectivity index (χ0n) is 18.6. The molecule has 0 radical (unpaired) electrons. The number of hydrogen-bond acceptors (Lipinski definition) is 4. The van der Waals surface area contributed by atoms with Crippen LogP contribution < -0.4 is 20.3 Å². The molecule has 0 spiro atoms. The zero-order chi connectivity index (χ0) is 20.8. The highest BCUT2D eigenvalue weighted by molar-refractivity contribution is 14.0. The van der Waals surface area contributed by atoms with Gasteiger partial charge in [0.15, 0.2) is 12.6 Å². The Labute approximate surface area is 197 Å². The number of ether oxygens (including phenoxy) is 1. The second-order valence-corrected chi connectivity index (χ2v) is 8.19. The van der Waals surface area contributed by atoms with Crippen LogP contribution in [0.2, 0.25) is 0 Å². The average molecular weight is 529 g/mol. The first-order valence-corrected chi connectivity index (χ1v) is 10.8. The lowest BCUT2D eigenvalue weighted by atomic mass is 10.1. The Morgan fingerprint density at radius 3 is 2.77 bits per heavy atom. The molecule has 0 aromatic heterocycles. The van der Waals surface area contributed by atoms with E-state index in [1.807, 2.05) is 29.2 Å². The molecule has 0 saturated carbocycles. The molecule has 1 aromatic rings. The first kappa shape index (κ1) is 24.7. The summed E-state index contributed by atoms with van der Waals surface area (Å²) in [6.45, 7) is 13.3. The molecule has 2 aliphatic heterocycles. The first-order chi connectivity index (χ1) is 14.0. The van der Waals surface area contributed by atoms with E-state index in [1.165, 1.54) is 0 Å². The van der Waals surface area contributed by atoms with Crippen LogP contribution in [0.3, 0.4) is 0 Å². The van der Waals surface area contributed by atoms with Crippen molar-refractivity contribution in [3.63, 3.8) is 0 Å². The number of guanidine groups is 1. The lowest BCUT2D eigenvalue weighted by Crippen LogP contribution is -2.47. The highest BCUT2D eigenvalue weighted by Crippen LogP contribution is 2.31. The smallest absolute Gasteiger partial charge is 0.265 e. The van der Waals surface area contributed by atoms with Gasteiger partial charge in [-0.1, -0.05) is 19.1 Å². The van der Waals surface area contributed by atoms with Crippen molar-refractivity contribution in [2.45, 2.75) is 46.2 Å². The van der Waals surface area contributed by atoms with Crippen molar-refractivity contribution in [1.29, 1.82) is 0 Å². The maximum Gasteiger partial charge on any atom is 0.265 e. The fourth-order valence-corrected chi connectivity index (χ4v) is 3.93. The number of anilines is 1. The summed E-state index contributed by atoms with van der Waals surface area (Å²) in [5.74, 6) is 2.23. The van der Waals surface area contributed by atoms with Gasteiger partial charge in [-0.2, -0.15) is 0 Å². The summed E-state index contributed by atoms with van der Waals surface area (Å²) in [6, 6.07) is 8.67. The molecular weight excluding hydrogens is 493 g/mol. The van der Waals surface area contributed by atoms with Gasteiger partial charge in [0.1, 0.15) is 5.75 Å². The number of carbonyl (C=O) groups is 1. The zero-order valence-corrected chi connectivity index (χ0v) is 20.9. The Morgan fingerprint density at radius 1 is 1.30 bits per heavy atom. The fourth-order valence-electron chi connectivity index (χ4n) is 3.93. The van der Waals surface area contributed by atoms with E-state index in [0.29, 0.717) is 31.1 Å². The summed E-state index contributed by atoms with van der Waals surface area (Å²) in [5, 5.41) is 6.97. The van der Waals surface area contributed by atoms with E-state index in [-0.39, 0.29) is 36.5 Å². The maximum absolute atomic E-state index is 12.3. The summed E-state index contributed by atoms with van der Waals surface area (Å²) < 4.78 is 5.51. The van der Waals surface area contributed by atoms with Crippen molar-refractivity contribution in [2.75, 3.05) is 44.2 Å². The number of hydrogen-bond donors (Lipinski definition) is 2. The van der Waals surface area contributed by atoms with E-state index in [0.717, 1.165) is 43.5 Å². The minimum absolute atomic E-state index is 0. The summed E-state index contributed by atoms with van der Waals surface area (Å²) >= 11 is 0. The number of nitrogens with one attached hydrogen (secondary N) is 2. The van der Waals surface area contributed by atoms with Crippen molar-refractivity contribution < 1.29 is 9.53 Å². The van der Waals surface area contributed by atoms with E-state index >= 15 is 0 Å². The fraction of sp³-hybridized carbons (Fsp3) is 0.636. The van der Waals surface area contributed by atoms with Crippen molar-refractivity contribution in [2.24, 2.45) is 10.9 Å². The molecule has 2 heterocycles. The number of likely N-dealkylation sites (tertiary alicyclic amines) is 1. The van der Waals surface area contributed by atoms with Gasteiger partial charge in [0, 0.05) is 44.8 Å². The lowest BCUT2D eigenvalue weighted by molar-refractivity contribution is -0.121. The van der Waals surface area contributed by atoms with Gasteiger partial charge < -0.3 is 20.3 Å². The monoisotopic (exact) mass is 529 g/mol. The van der Waals surface area contributed by atoms with Crippen LogP contribution in [0.15, 0.2) is 29.3 Å². The van der Waals surface area contributed by atoms with Gasteiger partial charge in [-0.3, -0.25) is 14.7 Å². The molecule has 0 aliphatic carbocycles. The number of rotatable bonds is 7. The van der Waals surface area contributed by atoms with Crippen LogP contribution in [-0.4, -0.2) is 68.2 Å². The lowest BCUT2D eigenvalue weighted by Gasteiger charge is -2.29. The third kappa shape index (κ3) is 6.23.